The second kappa shape index (κ2) is 50.0. The van der Waals surface area contributed by atoms with Gasteiger partial charge in [0.1, 0.15) is 13.2 Å². The Morgan fingerprint density at radius 2 is 0.629 bits per heavy atom. The van der Waals surface area contributed by atoms with Crippen LogP contribution >= 0.6 is 0 Å². The third-order valence-electron chi connectivity index (χ3n) is 10.3. The fourth-order valence-electron chi connectivity index (χ4n) is 6.60. The van der Waals surface area contributed by atoms with Crippen molar-refractivity contribution in [1.29, 1.82) is 0 Å². The van der Waals surface area contributed by atoms with E-state index in [-0.39, 0.29) is 31.1 Å². The summed E-state index contributed by atoms with van der Waals surface area (Å²) in [6.07, 6.45) is 65.3. The largest absolute Gasteiger partial charge is 0.462 e. The van der Waals surface area contributed by atoms with Gasteiger partial charge in [0.2, 0.25) is 0 Å². The zero-order chi connectivity index (χ0) is 45.1. The van der Waals surface area contributed by atoms with Crippen LogP contribution in [0, 0.1) is 0 Å². The van der Waals surface area contributed by atoms with Crippen molar-refractivity contribution in [2.45, 2.75) is 226 Å². The predicted octanol–water partition coefficient (Wildman–Crippen LogP) is 16.6. The highest BCUT2D eigenvalue weighted by Crippen LogP contribution is 2.14. The summed E-state index contributed by atoms with van der Waals surface area (Å²) in [6.45, 7) is 6.34. The Kier molecular flexibility index (Phi) is 47.0. The van der Waals surface area contributed by atoms with Gasteiger partial charge in [0.25, 0.3) is 0 Å². The summed E-state index contributed by atoms with van der Waals surface area (Å²) < 4.78 is 16.7. The Morgan fingerprint density at radius 3 is 1.02 bits per heavy atom. The van der Waals surface area contributed by atoms with Gasteiger partial charge in [0, 0.05) is 19.3 Å². The molecule has 6 heteroatoms. The first-order valence-electron chi connectivity index (χ1n) is 25.2. The third-order valence-corrected chi connectivity index (χ3v) is 10.3. The third kappa shape index (κ3) is 47.4. The molecule has 1 atom stereocenters. The average Bonchev–Trinajstić information content (AvgIpc) is 3.27. The molecule has 0 saturated carbocycles. The molecule has 0 aromatic rings. The average molecular weight is 861 g/mol. The van der Waals surface area contributed by atoms with Gasteiger partial charge in [0.15, 0.2) is 6.10 Å². The van der Waals surface area contributed by atoms with E-state index in [4.69, 9.17) is 14.2 Å². The molecule has 0 aromatic carbocycles. The summed E-state index contributed by atoms with van der Waals surface area (Å²) >= 11 is 0. The number of hydrogen-bond acceptors (Lipinski definition) is 6. The molecular formula is C56H92O6. The molecule has 0 radical (unpaired) electrons. The lowest BCUT2D eigenvalue weighted by molar-refractivity contribution is -0.167. The van der Waals surface area contributed by atoms with Crippen LogP contribution in [-0.2, 0) is 28.6 Å². The van der Waals surface area contributed by atoms with E-state index in [0.717, 1.165) is 122 Å². The normalized spacial score (nSPS) is 12.9. The van der Waals surface area contributed by atoms with Crippen LogP contribution in [0.15, 0.2) is 97.2 Å². The molecule has 0 amide bonds. The highest BCUT2D eigenvalue weighted by Gasteiger charge is 2.19. The van der Waals surface area contributed by atoms with Crippen molar-refractivity contribution < 1.29 is 28.6 Å². The lowest BCUT2D eigenvalue weighted by Gasteiger charge is -2.18. The van der Waals surface area contributed by atoms with Crippen LogP contribution in [0.5, 0.6) is 0 Å². The fraction of sp³-hybridized carbons (Fsp3) is 0.661. The zero-order valence-electron chi connectivity index (χ0n) is 40.1. The maximum absolute atomic E-state index is 12.8. The Labute approximate surface area is 381 Å². The van der Waals surface area contributed by atoms with Crippen molar-refractivity contribution in [3.8, 4) is 0 Å². The maximum Gasteiger partial charge on any atom is 0.306 e. The minimum atomic E-state index is -0.806. The molecule has 62 heavy (non-hydrogen) atoms. The SMILES string of the molecule is CC/C=C\C/C=C\C/C=C\C/C=C\CCCCCCC(=O)O[C@H](COC(=O)CCCC/C=C\C/C=C\C/C=C\C/C=C\CC)COC(=O)CCCCCCCCCCCCCC. The zero-order valence-corrected chi connectivity index (χ0v) is 40.1. The fourth-order valence-corrected chi connectivity index (χ4v) is 6.60. The van der Waals surface area contributed by atoms with Gasteiger partial charge in [-0.05, 0) is 96.3 Å². The number of carbonyl (C=O) groups excluding carboxylic acids is 3. The Morgan fingerprint density at radius 1 is 0.339 bits per heavy atom. The number of allylic oxidation sites excluding steroid dienone is 16. The number of unbranched alkanes of at least 4 members (excludes halogenated alkanes) is 17. The van der Waals surface area contributed by atoms with Crippen molar-refractivity contribution in [3.05, 3.63) is 97.2 Å². The first kappa shape index (κ1) is 58.3. The Bertz CT molecular complexity index is 1260. The van der Waals surface area contributed by atoms with E-state index in [1.54, 1.807) is 0 Å². The summed E-state index contributed by atoms with van der Waals surface area (Å²) in [4.78, 5) is 37.9. The van der Waals surface area contributed by atoms with Gasteiger partial charge in [-0.3, -0.25) is 14.4 Å². The highest BCUT2D eigenvalue weighted by molar-refractivity contribution is 5.71. The number of carbonyl (C=O) groups is 3. The van der Waals surface area contributed by atoms with E-state index < -0.39 is 6.10 Å². The van der Waals surface area contributed by atoms with Crippen molar-refractivity contribution >= 4 is 17.9 Å². The molecule has 0 heterocycles. The van der Waals surface area contributed by atoms with Gasteiger partial charge in [-0.2, -0.15) is 0 Å². The molecule has 0 saturated heterocycles. The van der Waals surface area contributed by atoms with E-state index in [9.17, 15) is 14.4 Å². The van der Waals surface area contributed by atoms with Crippen LogP contribution in [0.2, 0.25) is 0 Å². The monoisotopic (exact) mass is 861 g/mol. The Hall–Kier alpha value is -3.67. The molecule has 0 aliphatic heterocycles. The van der Waals surface area contributed by atoms with E-state index in [1.165, 1.54) is 57.8 Å². The molecule has 0 aliphatic carbocycles. The van der Waals surface area contributed by atoms with Crippen LogP contribution in [-0.4, -0.2) is 37.2 Å². The standard InChI is InChI=1S/C56H92O6/c1-4-7-10-13-16-19-22-25-27-28-30-32-35-38-41-44-47-50-56(59)62-53(51-60-54(57)48-45-42-39-36-33-24-21-18-15-12-9-6-3)52-61-55(58)49-46-43-40-37-34-31-29-26-23-20-17-14-11-8-5-2/h7-8,10-11,16-17,19-20,25-27,29-30,32,34,37,53H,4-6,9,12-15,18,21-24,28,31,33,35-36,38-52H2,1-3H3/b10-7-,11-8-,19-16-,20-17-,27-25-,29-26-,32-30-,37-34-/t53-/m0/s1. The quantitative estimate of drug-likeness (QED) is 0.0263. The second-order valence-corrected chi connectivity index (χ2v) is 16.3. The van der Waals surface area contributed by atoms with Gasteiger partial charge >= 0.3 is 17.9 Å². The molecule has 0 aliphatic rings. The van der Waals surface area contributed by atoms with Gasteiger partial charge in [-0.1, -0.05) is 201 Å². The highest BCUT2D eigenvalue weighted by atomic mass is 16.6. The van der Waals surface area contributed by atoms with Crippen LogP contribution in [0.3, 0.4) is 0 Å². The molecule has 0 unspecified atom stereocenters. The smallest absolute Gasteiger partial charge is 0.306 e. The molecular weight excluding hydrogens is 769 g/mol. The molecule has 0 spiro atoms. The molecule has 0 rings (SSSR count). The second-order valence-electron chi connectivity index (χ2n) is 16.3. The van der Waals surface area contributed by atoms with Crippen LogP contribution < -0.4 is 0 Å². The van der Waals surface area contributed by atoms with Gasteiger partial charge in [0.05, 0.1) is 0 Å². The molecule has 0 aromatic heterocycles. The summed E-state index contributed by atoms with van der Waals surface area (Å²) in [5.74, 6) is -0.972. The molecule has 0 N–H and O–H groups in total. The molecule has 352 valence electrons. The molecule has 0 bridgehead atoms. The first-order chi connectivity index (χ1) is 30.5. The topological polar surface area (TPSA) is 78.9 Å². The van der Waals surface area contributed by atoms with Crippen LogP contribution in [0.1, 0.15) is 220 Å². The van der Waals surface area contributed by atoms with Gasteiger partial charge in [-0.25, -0.2) is 0 Å². The minimum Gasteiger partial charge on any atom is -0.462 e. The van der Waals surface area contributed by atoms with E-state index >= 15 is 0 Å². The van der Waals surface area contributed by atoms with Gasteiger partial charge in [-0.15, -0.1) is 0 Å². The lowest BCUT2D eigenvalue weighted by atomic mass is 10.0. The summed E-state index contributed by atoms with van der Waals surface area (Å²) in [7, 11) is 0. The van der Waals surface area contributed by atoms with Crippen molar-refractivity contribution in [1.82, 2.24) is 0 Å². The number of ether oxygens (including phenoxy) is 3. The summed E-state index contributed by atoms with van der Waals surface area (Å²) in [6, 6.07) is 0. The van der Waals surface area contributed by atoms with E-state index in [2.05, 4.69) is 118 Å². The van der Waals surface area contributed by atoms with E-state index in [1.807, 2.05) is 0 Å². The maximum atomic E-state index is 12.8. The van der Waals surface area contributed by atoms with E-state index in [0.29, 0.717) is 19.3 Å². The number of esters is 3. The minimum absolute atomic E-state index is 0.100. The van der Waals surface area contributed by atoms with Crippen LogP contribution in [0.4, 0.5) is 0 Å². The first-order valence-corrected chi connectivity index (χ1v) is 25.2. The summed E-state index contributed by atoms with van der Waals surface area (Å²) in [5, 5.41) is 0. The van der Waals surface area contributed by atoms with Gasteiger partial charge < -0.3 is 14.2 Å². The lowest BCUT2D eigenvalue weighted by Crippen LogP contribution is -2.30. The predicted molar refractivity (Wildman–Crippen MR) is 265 cm³/mol. The van der Waals surface area contributed by atoms with Crippen molar-refractivity contribution in [2.75, 3.05) is 13.2 Å². The Balaban J connectivity index is 4.51. The number of hydrogen-bond donors (Lipinski definition) is 0. The summed E-state index contributed by atoms with van der Waals surface area (Å²) in [5.41, 5.74) is 0. The molecule has 0 fully saturated rings. The molecule has 6 nitrogen and oxygen atoms in total. The van der Waals surface area contributed by atoms with Crippen LogP contribution in [0.25, 0.3) is 0 Å². The van der Waals surface area contributed by atoms with Crippen molar-refractivity contribution in [3.63, 3.8) is 0 Å². The number of rotatable bonds is 44. The van der Waals surface area contributed by atoms with Crippen molar-refractivity contribution in [2.24, 2.45) is 0 Å².